The molecule has 1 unspecified atom stereocenters. The van der Waals surface area contributed by atoms with E-state index in [1.807, 2.05) is 24.0 Å². The first-order valence-electron chi connectivity index (χ1n) is 12.2. The van der Waals surface area contributed by atoms with Gasteiger partial charge in [0, 0.05) is 38.9 Å². The van der Waals surface area contributed by atoms with Crippen molar-refractivity contribution in [1.82, 2.24) is 24.4 Å². The van der Waals surface area contributed by atoms with Gasteiger partial charge >= 0.3 is 0 Å². The van der Waals surface area contributed by atoms with E-state index < -0.39 is 5.56 Å². The van der Waals surface area contributed by atoms with Gasteiger partial charge in [-0.25, -0.2) is 19.3 Å². The van der Waals surface area contributed by atoms with Crippen molar-refractivity contribution < 1.29 is 4.39 Å². The molecule has 9 nitrogen and oxygen atoms in total. The molecule has 2 atom stereocenters. The molecule has 190 valence electrons. The minimum absolute atomic E-state index is 0.00440. The number of benzene rings is 1. The summed E-state index contributed by atoms with van der Waals surface area (Å²) >= 11 is 0. The second-order valence-corrected chi connectivity index (χ2v) is 9.39. The van der Waals surface area contributed by atoms with Gasteiger partial charge in [0.1, 0.15) is 40.6 Å². The molecule has 0 amide bonds. The van der Waals surface area contributed by atoms with Crippen LogP contribution in [0.25, 0.3) is 11.0 Å². The third-order valence-electron chi connectivity index (χ3n) is 7.03. The third-order valence-corrected chi connectivity index (χ3v) is 7.03. The minimum Gasteiger partial charge on any atom is -0.366 e. The molecule has 1 aliphatic heterocycles. The van der Waals surface area contributed by atoms with Gasteiger partial charge in [-0.05, 0) is 49.7 Å². The van der Waals surface area contributed by atoms with E-state index in [1.165, 1.54) is 16.7 Å². The molecule has 3 aromatic heterocycles. The van der Waals surface area contributed by atoms with Gasteiger partial charge in [0.15, 0.2) is 0 Å². The highest BCUT2D eigenvalue weighted by molar-refractivity contribution is 5.92. The number of rotatable bonds is 4. The number of nitrogens with zero attached hydrogens (tertiary/aromatic N) is 8. The molecule has 0 radical (unpaired) electrons. The summed E-state index contributed by atoms with van der Waals surface area (Å²) in [6.45, 7) is 5.48. The van der Waals surface area contributed by atoms with Crippen molar-refractivity contribution in [2.24, 2.45) is 7.05 Å². The molecular weight excluding hydrogens is 483 g/mol. The van der Waals surface area contributed by atoms with Gasteiger partial charge < -0.3 is 9.47 Å². The van der Waals surface area contributed by atoms with Crippen LogP contribution in [0, 0.1) is 35.4 Å². The van der Waals surface area contributed by atoms with Crippen LogP contribution in [0.3, 0.4) is 0 Å². The molecule has 10 heteroatoms. The average Bonchev–Trinajstić information content (AvgIpc) is 2.92. The van der Waals surface area contributed by atoms with E-state index in [1.54, 1.807) is 37.5 Å². The number of hydrogen-bond donors (Lipinski definition) is 0. The molecule has 38 heavy (non-hydrogen) atoms. The number of aromatic nitrogens is 4. The molecule has 0 N–H and O–H groups in total. The largest absolute Gasteiger partial charge is 0.366 e. The fourth-order valence-electron chi connectivity index (χ4n) is 5.23. The standard InChI is InChI=1S/C28H25FN8O/c1-17-16-36(27-22(15-31)28(38)35(3)24-9-8-21(14-30)34-25(24)27)12-13-37(17)26(19-4-6-20(29)7-5-19)23-10-11-32-18(2)33-23/h4-11,17,26H,12-13,16H2,1-3H3/t17-,26?/m1/s1. The number of hydrogen-bond acceptors (Lipinski definition) is 8. The number of anilines is 1. The van der Waals surface area contributed by atoms with Crippen molar-refractivity contribution in [3.63, 3.8) is 0 Å². The Labute approximate surface area is 219 Å². The second kappa shape index (κ2) is 10.0. The molecule has 0 aliphatic carbocycles. The molecule has 0 spiro atoms. The first kappa shape index (κ1) is 25.0. The smallest absolute Gasteiger partial charge is 0.270 e. The normalized spacial score (nSPS) is 16.7. The lowest BCUT2D eigenvalue weighted by Crippen LogP contribution is -2.54. The Bertz CT molecular complexity index is 1670. The quantitative estimate of drug-likeness (QED) is 0.413. The topological polar surface area (TPSA) is 115 Å². The maximum Gasteiger partial charge on any atom is 0.270 e. The summed E-state index contributed by atoms with van der Waals surface area (Å²) in [6, 6.07) is 15.4. The summed E-state index contributed by atoms with van der Waals surface area (Å²) in [5, 5.41) is 19.4. The van der Waals surface area contributed by atoms with Gasteiger partial charge in [-0.2, -0.15) is 10.5 Å². The lowest BCUT2D eigenvalue weighted by atomic mass is 9.98. The first-order chi connectivity index (χ1) is 18.3. The van der Waals surface area contributed by atoms with Gasteiger partial charge in [-0.1, -0.05) is 12.1 Å². The summed E-state index contributed by atoms with van der Waals surface area (Å²) in [6.07, 6.45) is 1.72. The zero-order chi connectivity index (χ0) is 27.0. The highest BCUT2D eigenvalue weighted by Gasteiger charge is 2.34. The number of halogens is 1. The zero-order valence-corrected chi connectivity index (χ0v) is 21.3. The second-order valence-electron chi connectivity index (χ2n) is 9.39. The molecule has 0 bridgehead atoms. The lowest BCUT2D eigenvalue weighted by molar-refractivity contribution is 0.147. The third kappa shape index (κ3) is 4.36. The molecule has 5 rings (SSSR count). The van der Waals surface area contributed by atoms with Crippen LogP contribution in [0.5, 0.6) is 0 Å². The molecule has 1 aliphatic rings. The number of fused-ring (bicyclic) bond motifs is 1. The number of pyridine rings is 2. The number of piperazine rings is 1. The monoisotopic (exact) mass is 508 g/mol. The van der Waals surface area contributed by atoms with Crippen molar-refractivity contribution in [2.75, 3.05) is 24.5 Å². The zero-order valence-electron chi connectivity index (χ0n) is 21.3. The molecule has 1 saturated heterocycles. The van der Waals surface area contributed by atoms with Crippen molar-refractivity contribution in [1.29, 1.82) is 10.5 Å². The van der Waals surface area contributed by atoms with Crippen molar-refractivity contribution >= 4 is 16.7 Å². The summed E-state index contributed by atoms with van der Waals surface area (Å²) in [7, 11) is 1.60. The van der Waals surface area contributed by atoms with E-state index in [9.17, 15) is 19.7 Å². The number of aryl methyl sites for hydroxylation is 2. The van der Waals surface area contributed by atoms with Gasteiger partial charge in [0.25, 0.3) is 5.56 Å². The van der Waals surface area contributed by atoms with E-state index in [0.29, 0.717) is 42.2 Å². The molecule has 1 fully saturated rings. The van der Waals surface area contributed by atoms with Crippen LogP contribution in [0.15, 0.2) is 53.5 Å². The van der Waals surface area contributed by atoms with Crippen molar-refractivity contribution in [3.05, 3.63) is 93.2 Å². The Morgan fingerprint density at radius 1 is 1.05 bits per heavy atom. The summed E-state index contributed by atoms with van der Waals surface area (Å²) < 4.78 is 15.2. The van der Waals surface area contributed by atoms with Gasteiger partial charge in [0.2, 0.25) is 0 Å². The summed E-state index contributed by atoms with van der Waals surface area (Å²) in [4.78, 5) is 30.8. The molecule has 4 heterocycles. The van der Waals surface area contributed by atoms with Gasteiger partial charge in [0.05, 0.1) is 22.9 Å². The predicted molar refractivity (Wildman–Crippen MR) is 140 cm³/mol. The Morgan fingerprint density at radius 2 is 1.82 bits per heavy atom. The van der Waals surface area contributed by atoms with Crippen LogP contribution in [-0.4, -0.2) is 50.1 Å². The Kier molecular flexibility index (Phi) is 6.58. The summed E-state index contributed by atoms with van der Waals surface area (Å²) in [5.41, 5.74) is 2.97. The molecule has 0 saturated carbocycles. The first-order valence-corrected chi connectivity index (χ1v) is 12.2. The molecule has 1 aromatic carbocycles. The maximum atomic E-state index is 13.8. The highest BCUT2D eigenvalue weighted by atomic mass is 19.1. The SMILES string of the molecule is Cc1nccc(C(c2ccc(F)cc2)N2CCN(c3c(C#N)c(=O)n(C)c4ccc(C#N)nc34)C[C@H]2C)n1. The Balaban J connectivity index is 1.57. The van der Waals surface area contributed by atoms with Gasteiger partial charge in [-0.3, -0.25) is 9.69 Å². The molecule has 4 aromatic rings. The minimum atomic E-state index is -0.405. The van der Waals surface area contributed by atoms with Crippen LogP contribution in [0.4, 0.5) is 10.1 Å². The number of nitriles is 2. The van der Waals surface area contributed by atoms with Crippen molar-refractivity contribution in [2.45, 2.75) is 25.9 Å². The van der Waals surface area contributed by atoms with Gasteiger partial charge in [-0.15, -0.1) is 0 Å². The summed E-state index contributed by atoms with van der Waals surface area (Å²) in [5.74, 6) is 0.334. The lowest BCUT2D eigenvalue weighted by Gasteiger charge is -2.45. The molecular formula is C28H25FN8O. The van der Waals surface area contributed by atoms with Crippen LogP contribution >= 0.6 is 0 Å². The van der Waals surface area contributed by atoms with Crippen molar-refractivity contribution in [3.8, 4) is 12.1 Å². The maximum absolute atomic E-state index is 13.8. The van der Waals surface area contributed by atoms with Crippen LogP contribution in [-0.2, 0) is 7.05 Å². The van der Waals surface area contributed by atoms with E-state index in [2.05, 4.69) is 32.8 Å². The van der Waals surface area contributed by atoms with E-state index in [4.69, 9.17) is 0 Å². The van der Waals surface area contributed by atoms with E-state index >= 15 is 0 Å². The average molecular weight is 509 g/mol. The van der Waals surface area contributed by atoms with Crippen LogP contribution in [0.2, 0.25) is 0 Å². The fourth-order valence-corrected chi connectivity index (χ4v) is 5.23. The van der Waals surface area contributed by atoms with Crippen LogP contribution < -0.4 is 10.5 Å². The highest BCUT2D eigenvalue weighted by Crippen LogP contribution is 2.34. The van der Waals surface area contributed by atoms with Crippen LogP contribution in [0.1, 0.15) is 41.3 Å². The Hall–Kier alpha value is -4.67. The van der Waals surface area contributed by atoms with E-state index in [0.717, 1.165) is 11.3 Å². The Morgan fingerprint density at radius 3 is 2.47 bits per heavy atom. The van der Waals surface area contributed by atoms with E-state index in [-0.39, 0.29) is 29.2 Å². The fraction of sp³-hybridized carbons (Fsp3) is 0.286. The predicted octanol–water partition coefficient (Wildman–Crippen LogP) is 3.21.